The molecule has 7 nitrogen and oxygen atoms in total. The summed E-state index contributed by atoms with van der Waals surface area (Å²) in [5, 5.41) is 11.4. The van der Waals surface area contributed by atoms with Gasteiger partial charge in [-0.05, 0) is 32.1 Å². The molecule has 116 valence electrons. The highest BCUT2D eigenvalue weighted by atomic mass is 32.2. The zero-order valence-electron chi connectivity index (χ0n) is 12.0. The van der Waals surface area contributed by atoms with Gasteiger partial charge in [-0.1, -0.05) is 0 Å². The molecule has 2 atom stereocenters. The molecule has 1 rings (SSSR count). The van der Waals surface area contributed by atoms with Gasteiger partial charge in [0.2, 0.25) is 0 Å². The van der Waals surface area contributed by atoms with E-state index in [1.807, 2.05) is 6.92 Å². The second-order valence-corrected chi connectivity index (χ2v) is 7.71. The van der Waals surface area contributed by atoms with E-state index in [2.05, 4.69) is 5.32 Å². The van der Waals surface area contributed by atoms with Gasteiger partial charge in [-0.25, -0.2) is 18.0 Å². The summed E-state index contributed by atoms with van der Waals surface area (Å²) in [4.78, 5) is 24.5. The van der Waals surface area contributed by atoms with Crippen LogP contribution in [0.2, 0.25) is 0 Å². The van der Waals surface area contributed by atoms with Gasteiger partial charge in [0.25, 0.3) is 0 Å². The standard InChI is InChI=1S/C12H22N2O5S/c1-8(9-4-5-9)14(2)12(17)13-10(11(15)16)6-7-20(3,18)19/h8-10H,4-7H2,1-3H3,(H,13,17)(H,15,16). The Hall–Kier alpha value is -1.31. The van der Waals surface area contributed by atoms with Crippen LogP contribution in [0.5, 0.6) is 0 Å². The predicted molar refractivity (Wildman–Crippen MR) is 74.2 cm³/mol. The summed E-state index contributed by atoms with van der Waals surface area (Å²) < 4.78 is 22.1. The molecule has 1 saturated carbocycles. The van der Waals surface area contributed by atoms with Crippen LogP contribution in [0.3, 0.4) is 0 Å². The minimum atomic E-state index is -3.26. The molecule has 1 fully saturated rings. The fraction of sp³-hybridized carbons (Fsp3) is 0.833. The number of hydrogen-bond acceptors (Lipinski definition) is 4. The number of carboxylic acids is 1. The lowest BCUT2D eigenvalue weighted by Crippen LogP contribution is -2.50. The van der Waals surface area contributed by atoms with Crippen LogP contribution < -0.4 is 5.32 Å². The lowest BCUT2D eigenvalue weighted by molar-refractivity contribution is -0.139. The summed E-state index contributed by atoms with van der Waals surface area (Å²) in [6, 6.07) is -1.62. The zero-order valence-corrected chi connectivity index (χ0v) is 12.8. The molecule has 0 radical (unpaired) electrons. The number of nitrogens with zero attached hydrogens (tertiary/aromatic N) is 1. The molecule has 0 aromatic carbocycles. The number of hydrogen-bond donors (Lipinski definition) is 2. The number of nitrogens with one attached hydrogen (secondary N) is 1. The van der Waals surface area contributed by atoms with Crippen LogP contribution in [-0.2, 0) is 14.6 Å². The van der Waals surface area contributed by atoms with Crippen LogP contribution in [-0.4, -0.2) is 61.6 Å². The van der Waals surface area contributed by atoms with Crippen molar-refractivity contribution < 1.29 is 23.1 Å². The summed E-state index contributed by atoms with van der Waals surface area (Å²) in [5.41, 5.74) is 0. The molecular formula is C12H22N2O5S. The molecule has 0 bridgehead atoms. The maximum absolute atomic E-state index is 12.0. The smallest absolute Gasteiger partial charge is 0.326 e. The van der Waals surface area contributed by atoms with E-state index in [1.165, 1.54) is 4.90 Å². The van der Waals surface area contributed by atoms with Crippen LogP contribution in [0.1, 0.15) is 26.2 Å². The van der Waals surface area contributed by atoms with Gasteiger partial charge < -0.3 is 15.3 Å². The molecule has 1 aliphatic carbocycles. The fourth-order valence-electron chi connectivity index (χ4n) is 1.92. The number of urea groups is 1. The molecule has 2 unspecified atom stereocenters. The number of rotatable bonds is 7. The van der Waals surface area contributed by atoms with Crippen molar-refractivity contribution in [3.8, 4) is 0 Å². The van der Waals surface area contributed by atoms with Gasteiger partial charge in [0.15, 0.2) is 0 Å². The summed E-state index contributed by atoms with van der Waals surface area (Å²) in [6.07, 6.45) is 3.06. The highest BCUT2D eigenvalue weighted by molar-refractivity contribution is 7.90. The second-order valence-electron chi connectivity index (χ2n) is 5.45. The number of sulfone groups is 1. The molecule has 8 heteroatoms. The average molecular weight is 306 g/mol. The van der Waals surface area contributed by atoms with Crippen LogP contribution >= 0.6 is 0 Å². The molecule has 0 spiro atoms. The van der Waals surface area contributed by atoms with Gasteiger partial charge in [0.05, 0.1) is 5.75 Å². The van der Waals surface area contributed by atoms with Gasteiger partial charge >= 0.3 is 12.0 Å². The van der Waals surface area contributed by atoms with E-state index < -0.39 is 27.9 Å². The Labute approximate surface area is 119 Å². The summed E-state index contributed by atoms with van der Waals surface area (Å²) in [5.74, 6) is -1.02. The number of carboxylic acid groups (broad SMARTS) is 1. The summed E-state index contributed by atoms with van der Waals surface area (Å²) in [6.45, 7) is 1.92. The largest absolute Gasteiger partial charge is 0.480 e. The molecule has 2 amide bonds. The Morgan fingerprint density at radius 1 is 1.40 bits per heavy atom. The van der Waals surface area contributed by atoms with E-state index in [9.17, 15) is 18.0 Å². The minimum Gasteiger partial charge on any atom is -0.480 e. The highest BCUT2D eigenvalue weighted by Crippen LogP contribution is 2.34. The molecule has 2 N–H and O–H groups in total. The van der Waals surface area contributed by atoms with Crippen LogP contribution in [0.4, 0.5) is 4.79 Å². The van der Waals surface area contributed by atoms with Crippen molar-refractivity contribution in [3.05, 3.63) is 0 Å². The van der Waals surface area contributed by atoms with E-state index >= 15 is 0 Å². The monoisotopic (exact) mass is 306 g/mol. The summed E-state index contributed by atoms with van der Waals surface area (Å²) in [7, 11) is -1.64. The van der Waals surface area contributed by atoms with E-state index in [0.717, 1.165) is 19.1 Å². The van der Waals surface area contributed by atoms with Crippen molar-refractivity contribution in [2.24, 2.45) is 5.92 Å². The molecule has 1 aliphatic rings. The first-order valence-corrected chi connectivity index (χ1v) is 8.61. The van der Waals surface area contributed by atoms with Crippen molar-refractivity contribution in [2.75, 3.05) is 19.1 Å². The Morgan fingerprint density at radius 2 is 1.95 bits per heavy atom. The Morgan fingerprint density at radius 3 is 2.35 bits per heavy atom. The first-order valence-electron chi connectivity index (χ1n) is 6.55. The lowest BCUT2D eigenvalue weighted by Gasteiger charge is -2.26. The van der Waals surface area contributed by atoms with E-state index in [-0.39, 0.29) is 18.2 Å². The molecule has 0 saturated heterocycles. The van der Waals surface area contributed by atoms with Crippen molar-refractivity contribution in [3.63, 3.8) is 0 Å². The quantitative estimate of drug-likeness (QED) is 0.704. The zero-order chi connectivity index (χ0) is 15.5. The number of carbonyl (C=O) groups excluding carboxylic acids is 1. The van der Waals surface area contributed by atoms with Crippen molar-refractivity contribution in [1.29, 1.82) is 0 Å². The first kappa shape index (κ1) is 16.7. The van der Waals surface area contributed by atoms with E-state index in [1.54, 1.807) is 7.05 Å². The Bertz CT molecular complexity index is 472. The third kappa shape index (κ3) is 5.36. The van der Waals surface area contributed by atoms with Gasteiger partial charge in [-0.15, -0.1) is 0 Å². The first-order chi connectivity index (χ1) is 9.11. The lowest BCUT2D eigenvalue weighted by atomic mass is 10.2. The van der Waals surface area contributed by atoms with Crippen molar-refractivity contribution in [2.45, 2.75) is 38.3 Å². The molecule has 20 heavy (non-hydrogen) atoms. The van der Waals surface area contributed by atoms with E-state index in [4.69, 9.17) is 5.11 Å². The SMILES string of the molecule is CC(C1CC1)N(C)C(=O)NC(CCS(C)(=O)=O)C(=O)O. The topological polar surface area (TPSA) is 104 Å². The fourth-order valence-corrected chi connectivity index (χ4v) is 2.58. The van der Waals surface area contributed by atoms with Crippen molar-refractivity contribution in [1.82, 2.24) is 10.2 Å². The van der Waals surface area contributed by atoms with Crippen LogP contribution in [0.25, 0.3) is 0 Å². The Kier molecular flexibility index (Phi) is 5.38. The second kappa shape index (κ2) is 6.43. The van der Waals surface area contributed by atoms with Crippen molar-refractivity contribution >= 4 is 21.8 Å². The van der Waals surface area contributed by atoms with Crippen LogP contribution in [0, 0.1) is 5.92 Å². The normalized spacial score (nSPS) is 18.1. The predicted octanol–water partition coefficient (Wildman–Crippen LogP) is 0.314. The molecule has 0 aromatic rings. The number of amides is 2. The van der Waals surface area contributed by atoms with E-state index in [0.29, 0.717) is 5.92 Å². The molecule has 0 aromatic heterocycles. The third-order valence-corrected chi connectivity index (χ3v) is 4.59. The van der Waals surface area contributed by atoms with Gasteiger partial charge in [0, 0.05) is 19.3 Å². The van der Waals surface area contributed by atoms with Gasteiger partial charge in [-0.2, -0.15) is 0 Å². The minimum absolute atomic E-state index is 0.0550. The van der Waals surface area contributed by atoms with Crippen LogP contribution in [0.15, 0.2) is 0 Å². The average Bonchev–Trinajstić information content (AvgIpc) is 3.14. The molecular weight excluding hydrogens is 284 g/mol. The number of aliphatic carboxylic acids is 1. The summed E-state index contributed by atoms with van der Waals surface area (Å²) >= 11 is 0. The number of carbonyl (C=O) groups is 2. The Balaban J connectivity index is 2.55. The molecule has 0 heterocycles. The van der Waals surface area contributed by atoms with Gasteiger partial charge in [0.1, 0.15) is 15.9 Å². The maximum atomic E-state index is 12.0. The van der Waals surface area contributed by atoms with Gasteiger partial charge in [-0.3, -0.25) is 0 Å². The maximum Gasteiger partial charge on any atom is 0.326 e. The molecule has 0 aliphatic heterocycles. The highest BCUT2D eigenvalue weighted by Gasteiger charge is 2.33. The third-order valence-electron chi connectivity index (χ3n) is 3.61.